The standard InChI is InChI=1S/C25H21N5O/c31-25-20-10-4-5-11-22(20)27-24(30(25)19-12-13-19)21-16-29(18-8-2-1-3-9-18)28-23(21)17-7-6-14-26-15-17/h1-11,14-16,19,24,27H,12-13H2/t24-/m0/s1. The Hall–Kier alpha value is -3.93. The summed E-state index contributed by atoms with van der Waals surface area (Å²) in [6.07, 6.45) is 7.38. The van der Waals surface area contributed by atoms with Crippen molar-refractivity contribution in [2.24, 2.45) is 0 Å². The van der Waals surface area contributed by atoms with Crippen LogP contribution in [0.1, 0.15) is 34.9 Å². The predicted molar refractivity (Wildman–Crippen MR) is 119 cm³/mol. The molecule has 4 aromatic rings. The molecule has 1 atom stereocenters. The molecular formula is C25H21N5O. The van der Waals surface area contributed by atoms with Crippen molar-refractivity contribution in [3.05, 3.63) is 96.4 Å². The van der Waals surface area contributed by atoms with Crippen LogP contribution in [0.3, 0.4) is 0 Å². The maximum absolute atomic E-state index is 13.5. The number of para-hydroxylation sites is 2. The number of benzene rings is 2. The Morgan fingerprint density at radius 2 is 1.74 bits per heavy atom. The molecule has 31 heavy (non-hydrogen) atoms. The fourth-order valence-electron chi connectivity index (χ4n) is 4.25. The van der Waals surface area contributed by atoms with Crippen molar-refractivity contribution in [3.63, 3.8) is 0 Å². The topological polar surface area (TPSA) is 63.1 Å². The summed E-state index contributed by atoms with van der Waals surface area (Å²) >= 11 is 0. The van der Waals surface area contributed by atoms with Gasteiger partial charge in [0.25, 0.3) is 5.91 Å². The lowest BCUT2D eigenvalue weighted by molar-refractivity contribution is 0.0667. The molecule has 6 rings (SSSR count). The highest BCUT2D eigenvalue weighted by Gasteiger charge is 2.43. The summed E-state index contributed by atoms with van der Waals surface area (Å²) < 4.78 is 1.88. The van der Waals surface area contributed by atoms with Crippen molar-refractivity contribution in [3.8, 4) is 16.9 Å². The molecule has 0 radical (unpaired) electrons. The minimum absolute atomic E-state index is 0.0754. The summed E-state index contributed by atoms with van der Waals surface area (Å²) in [7, 11) is 0. The first kappa shape index (κ1) is 17.9. The fraction of sp³-hybridized carbons (Fsp3) is 0.160. The summed E-state index contributed by atoms with van der Waals surface area (Å²) in [6, 6.07) is 21.9. The molecular weight excluding hydrogens is 386 g/mol. The highest BCUT2D eigenvalue weighted by molar-refractivity contribution is 6.02. The zero-order valence-electron chi connectivity index (χ0n) is 16.8. The summed E-state index contributed by atoms with van der Waals surface area (Å²) in [6.45, 7) is 0. The quantitative estimate of drug-likeness (QED) is 0.534. The van der Waals surface area contributed by atoms with Crippen LogP contribution in [0.2, 0.25) is 0 Å². The average Bonchev–Trinajstić information content (AvgIpc) is 3.57. The van der Waals surface area contributed by atoms with E-state index in [9.17, 15) is 4.79 Å². The molecule has 1 saturated carbocycles. The van der Waals surface area contributed by atoms with E-state index in [1.807, 2.05) is 88.7 Å². The van der Waals surface area contributed by atoms with Gasteiger partial charge in [-0.15, -0.1) is 0 Å². The fourth-order valence-corrected chi connectivity index (χ4v) is 4.25. The molecule has 0 saturated heterocycles. The molecule has 1 aliphatic carbocycles. The van der Waals surface area contributed by atoms with Crippen LogP contribution in [-0.4, -0.2) is 31.6 Å². The smallest absolute Gasteiger partial charge is 0.258 e. The minimum atomic E-state index is -0.289. The maximum atomic E-state index is 13.5. The maximum Gasteiger partial charge on any atom is 0.258 e. The molecule has 1 aliphatic heterocycles. The molecule has 6 heteroatoms. The van der Waals surface area contributed by atoms with Gasteiger partial charge in [0.2, 0.25) is 0 Å². The average molecular weight is 407 g/mol. The molecule has 6 nitrogen and oxygen atoms in total. The first-order chi connectivity index (χ1) is 15.3. The Labute approximate surface area is 180 Å². The number of rotatable bonds is 4. The van der Waals surface area contributed by atoms with E-state index in [2.05, 4.69) is 10.3 Å². The third kappa shape index (κ3) is 3.08. The van der Waals surface area contributed by atoms with Crippen molar-refractivity contribution in [2.75, 3.05) is 5.32 Å². The van der Waals surface area contributed by atoms with Crippen molar-refractivity contribution < 1.29 is 4.79 Å². The second-order valence-corrected chi connectivity index (χ2v) is 7.99. The van der Waals surface area contributed by atoms with E-state index in [-0.39, 0.29) is 18.1 Å². The normalized spacial score (nSPS) is 17.9. The van der Waals surface area contributed by atoms with Crippen molar-refractivity contribution in [2.45, 2.75) is 25.0 Å². The number of amides is 1. The highest BCUT2D eigenvalue weighted by Crippen LogP contribution is 2.43. The second-order valence-electron chi connectivity index (χ2n) is 7.99. The van der Waals surface area contributed by atoms with Gasteiger partial charge in [0.1, 0.15) is 11.9 Å². The monoisotopic (exact) mass is 407 g/mol. The number of hydrogen-bond acceptors (Lipinski definition) is 4. The number of nitrogens with zero attached hydrogens (tertiary/aromatic N) is 4. The van der Waals surface area contributed by atoms with Gasteiger partial charge in [-0.2, -0.15) is 5.10 Å². The van der Waals surface area contributed by atoms with Crippen LogP contribution in [0, 0.1) is 0 Å². The Bertz CT molecular complexity index is 1250. The SMILES string of the molecule is O=C1c2ccccc2N[C@H](c2cn(-c3ccccc3)nc2-c2cccnc2)N1C1CC1. The third-order valence-corrected chi connectivity index (χ3v) is 5.90. The molecule has 152 valence electrons. The minimum Gasteiger partial charge on any atom is -0.361 e. The molecule has 0 unspecified atom stereocenters. The van der Waals surface area contributed by atoms with Crippen LogP contribution in [0.25, 0.3) is 16.9 Å². The van der Waals surface area contributed by atoms with Gasteiger partial charge in [-0.05, 0) is 49.2 Å². The third-order valence-electron chi connectivity index (χ3n) is 5.90. The summed E-state index contributed by atoms with van der Waals surface area (Å²) in [5.74, 6) is 0.0754. The number of hydrogen-bond donors (Lipinski definition) is 1. The number of pyridine rings is 1. The molecule has 2 aromatic carbocycles. The van der Waals surface area contributed by atoms with Crippen molar-refractivity contribution in [1.82, 2.24) is 19.7 Å². The molecule has 0 bridgehead atoms. The van der Waals surface area contributed by atoms with Crippen LogP contribution >= 0.6 is 0 Å². The molecule has 2 aliphatic rings. The number of anilines is 1. The van der Waals surface area contributed by atoms with Crippen LogP contribution in [0.15, 0.2) is 85.3 Å². The molecule has 1 amide bonds. The zero-order valence-corrected chi connectivity index (χ0v) is 16.8. The van der Waals surface area contributed by atoms with Gasteiger partial charge in [-0.25, -0.2) is 4.68 Å². The van der Waals surface area contributed by atoms with Gasteiger partial charge in [0.05, 0.1) is 11.3 Å². The van der Waals surface area contributed by atoms with E-state index in [1.165, 1.54) is 0 Å². The predicted octanol–water partition coefficient (Wildman–Crippen LogP) is 4.66. The van der Waals surface area contributed by atoms with Gasteiger partial charge in [-0.1, -0.05) is 30.3 Å². The number of carbonyl (C=O) groups excluding carboxylic acids is 1. The Morgan fingerprint density at radius 3 is 2.52 bits per heavy atom. The number of carbonyl (C=O) groups is 1. The lowest BCUT2D eigenvalue weighted by Gasteiger charge is -2.38. The van der Waals surface area contributed by atoms with Gasteiger partial charge in [0.15, 0.2) is 0 Å². The van der Waals surface area contributed by atoms with Gasteiger partial charge in [-0.3, -0.25) is 9.78 Å². The van der Waals surface area contributed by atoms with Crippen LogP contribution < -0.4 is 5.32 Å². The van der Waals surface area contributed by atoms with Crippen LogP contribution in [-0.2, 0) is 0 Å². The Kier molecular flexibility index (Phi) is 4.09. The second kappa shape index (κ2) is 7.09. The summed E-state index contributed by atoms with van der Waals surface area (Å²) in [5, 5.41) is 8.54. The van der Waals surface area contributed by atoms with Crippen LogP contribution in [0.5, 0.6) is 0 Å². The number of nitrogens with one attached hydrogen (secondary N) is 1. The number of aromatic nitrogens is 3. The Balaban J connectivity index is 1.53. The molecule has 0 spiro atoms. The van der Waals surface area contributed by atoms with E-state index >= 15 is 0 Å². The summed E-state index contributed by atoms with van der Waals surface area (Å²) in [4.78, 5) is 19.7. The lowest BCUT2D eigenvalue weighted by Crippen LogP contribution is -2.44. The van der Waals surface area contributed by atoms with E-state index < -0.39 is 0 Å². The van der Waals surface area contributed by atoms with E-state index in [1.54, 1.807) is 6.20 Å². The van der Waals surface area contributed by atoms with Crippen molar-refractivity contribution in [1.29, 1.82) is 0 Å². The molecule has 2 aromatic heterocycles. The molecule has 1 N–H and O–H groups in total. The zero-order chi connectivity index (χ0) is 20.8. The first-order valence-corrected chi connectivity index (χ1v) is 10.5. The summed E-state index contributed by atoms with van der Waals surface area (Å²) in [5.41, 5.74) is 5.28. The van der Waals surface area contributed by atoms with Gasteiger partial charge < -0.3 is 10.2 Å². The van der Waals surface area contributed by atoms with Crippen LogP contribution in [0.4, 0.5) is 5.69 Å². The van der Waals surface area contributed by atoms with E-state index in [0.29, 0.717) is 0 Å². The van der Waals surface area contributed by atoms with Gasteiger partial charge >= 0.3 is 0 Å². The number of fused-ring (bicyclic) bond motifs is 1. The largest absolute Gasteiger partial charge is 0.361 e. The Morgan fingerprint density at radius 1 is 0.935 bits per heavy atom. The lowest BCUT2D eigenvalue weighted by atomic mass is 10.0. The van der Waals surface area contributed by atoms with E-state index in [0.717, 1.165) is 46.6 Å². The van der Waals surface area contributed by atoms with E-state index in [4.69, 9.17) is 5.10 Å². The highest BCUT2D eigenvalue weighted by atomic mass is 16.2. The molecule has 3 heterocycles. The van der Waals surface area contributed by atoms with Crippen molar-refractivity contribution >= 4 is 11.6 Å². The first-order valence-electron chi connectivity index (χ1n) is 10.5. The van der Waals surface area contributed by atoms with Gasteiger partial charge in [0, 0.05) is 41.4 Å². The molecule has 1 fully saturated rings.